The molecule has 20 heavy (non-hydrogen) atoms. The van der Waals surface area contributed by atoms with Gasteiger partial charge < -0.3 is 4.74 Å². The fraction of sp³-hybridized carbons (Fsp3) is 0.133. The van der Waals surface area contributed by atoms with E-state index in [0.717, 1.165) is 30.8 Å². The molecule has 0 atom stereocenters. The van der Waals surface area contributed by atoms with Crippen LogP contribution in [0.2, 0.25) is 0 Å². The molecule has 0 spiro atoms. The maximum absolute atomic E-state index is 5.61. The summed E-state index contributed by atoms with van der Waals surface area (Å²) in [6, 6.07) is 12.3. The molecule has 2 nitrogen and oxygen atoms in total. The van der Waals surface area contributed by atoms with Crippen LogP contribution < -0.4 is 4.74 Å². The van der Waals surface area contributed by atoms with E-state index >= 15 is 0 Å². The van der Waals surface area contributed by atoms with Gasteiger partial charge in [-0.2, -0.15) is 0 Å². The molecule has 0 saturated carbocycles. The molecule has 5 heteroatoms. The van der Waals surface area contributed by atoms with Crippen molar-refractivity contribution >= 4 is 53.4 Å². The van der Waals surface area contributed by atoms with Crippen molar-refractivity contribution in [3.63, 3.8) is 0 Å². The number of aromatic nitrogens is 1. The van der Waals surface area contributed by atoms with Gasteiger partial charge in [0.1, 0.15) is 10.8 Å². The van der Waals surface area contributed by atoms with Gasteiger partial charge >= 0.3 is 0 Å². The molecule has 0 aliphatic carbocycles. The standard InChI is InChI=1S/C15H11Br2NOS/c1-2-19-14-10(16)7-9(8-11(14)17)15-18-12-5-3-4-6-13(12)20-15/h3-8H,2H2,1H3. The molecular formula is C15H11Br2NOS. The lowest BCUT2D eigenvalue weighted by atomic mass is 10.2. The van der Waals surface area contributed by atoms with E-state index in [1.807, 2.05) is 37.3 Å². The summed E-state index contributed by atoms with van der Waals surface area (Å²) in [5.41, 5.74) is 2.11. The van der Waals surface area contributed by atoms with Crippen LogP contribution in [0.15, 0.2) is 45.3 Å². The maximum Gasteiger partial charge on any atom is 0.147 e. The van der Waals surface area contributed by atoms with E-state index in [9.17, 15) is 0 Å². The van der Waals surface area contributed by atoms with Gasteiger partial charge in [-0.05, 0) is 63.0 Å². The molecule has 2 aromatic carbocycles. The Bertz CT molecular complexity index is 713. The van der Waals surface area contributed by atoms with E-state index < -0.39 is 0 Å². The SMILES string of the molecule is CCOc1c(Br)cc(-c2nc3ccccc3s2)cc1Br. The highest BCUT2D eigenvalue weighted by Crippen LogP contribution is 2.39. The molecule has 0 unspecified atom stereocenters. The molecule has 0 fully saturated rings. The first kappa shape index (κ1) is 14.0. The fourth-order valence-corrected chi connectivity index (χ4v) is 4.33. The average molecular weight is 413 g/mol. The van der Waals surface area contributed by atoms with Gasteiger partial charge in [-0.25, -0.2) is 4.98 Å². The van der Waals surface area contributed by atoms with Crippen molar-refractivity contribution in [1.29, 1.82) is 0 Å². The van der Waals surface area contributed by atoms with Crippen LogP contribution in [-0.2, 0) is 0 Å². The van der Waals surface area contributed by atoms with Crippen molar-refractivity contribution in [3.8, 4) is 16.3 Å². The molecule has 102 valence electrons. The van der Waals surface area contributed by atoms with Gasteiger partial charge in [0.25, 0.3) is 0 Å². The van der Waals surface area contributed by atoms with Crippen LogP contribution in [0, 0.1) is 0 Å². The first-order chi connectivity index (χ1) is 9.69. The minimum absolute atomic E-state index is 0.637. The Morgan fingerprint density at radius 2 is 1.85 bits per heavy atom. The third-order valence-electron chi connectivity index (χ3n) is 2.83. The highest BCUT2D eigenvalue weighted by molar-refractivity contribution is 9.11. The summed E-state index contributed by atoms with van der Waals surface area (Å²) in [5, 5.41) is 1.01. The normalized spacial score (nSPS) is 10.9. The number of hydrogen-bond donors (Lipinski definition) is 0. The first-order valence-electron chi connectivity index (χ1n) is 6.17. The monoisotopic (exact) mass is 411 g/mol. The highest BCUT2D eigenvalue weighted by Gasteiger charge is 2.12. The second-order valence-electron chi connectivity index (χ2n) is 4.19. The van der Waals surface area contributed by atoms with Gasteiger partial charge in [-0.1, -0.05) is 12.1 Å². The van der Waals surface area contributed by atoms with E-state index in [1.54, 1.807) is 11.3 Å². The van der Waals surface area contributed by atoms with Crippen LogP contribution in [0.4, 0.5) is 0 Å². The Morgan fingerprint density at radius 1 is 1.15 bits per heavy atom. The Balaban J connectivity index is 2.10. The lowest BCUT2D eigenvalue weighted by Gasteiger charge is -2.09. The summed E-state index contributed by atoms with van der Waals surface area (Å²) in [7, 11) is 0. The molecule has 0 aliphatic rings. The Hall–Kier alpha value is -0.910. The van der Waals surface area contributed by atoms with E-state index in [0.29, 0.717) is 6.61 Å². The largest absolute Gasteiger partial charge is 0.492 e. The molecule has 0 aliphatic heterocycles. The molecule has 0 amide bonds. The van der Waals surface area contributed by atoms with Gasteiger partial charge in [0, 0.05) is 5.56 Å². The van der Waals surface area contributed by atoms with Crippen LogP contribution in [0.25, 0.3) is 20.8 Å². The van der Waals surface area contributed by atoms with Crippen LogP contribution in [0.1, 0.15) is 6.92 Å². The summed E-state index contributed by atoms with van der Waals surface area (Å²) in [4.78, 5) is 4.68. The lowest BCUT2D eigenvalue weighted by Crippen LogP contribution is -1.94. The zero-order valence-electron chi connectivity index (χ0n) is 10.7. The zero-order valence-corrected chi connectivity index (χ0v) is 14.7. The number of fused-ring (bicyclic) bond motifs is 1. The Morgan fingerprint density at radius 3 is 2.50 bits per heavy atom. The number of halogens is 2. The third-order valence-corrected chi connectivity index (χ3v) is 5.09. The van der Waals surface area contributed by atoms with Crippen LogP contribution >= 0.6 is 43.2 Å². The van der Waals surface area contributed by atoms with Crippen molar-refractivity contribution in [2.75, 3.05) is 6.61 Å². The predicted octanol–water partition coefficient (Wildman–Crippen LogP) is 5.89. The van der Waals surface area contributed by atoms with Crippen LogP contribution in [0.3, 0.4) is 0 Å². The average Bonchev–Trinajstić information content (AvgIpc) is 2.86. The van der Waals surface area contributed by atoms with Crippen molar-refractivity contribution in [1.82, 2.24) is 4.98 Å². The topological polar surface area (TPSA) is 22.1 Å². The molecule has 0 radical (unpaired) electrons. The molecule has 3 aromatic rings. The van der Waals surface area contributed by atoms with Gasteiger partial charge in [0.05, 0.1) is 25.8 Å². The summed E-state index contributed by atoms with van der Waals surface area (Å²) in [6.45, 7) is 2.61. The van der Waals surface area contributed by atoms with Crippen LogP contribution in [0.5, 0.6) is 5.75 Å². The molecule has 1 heterocycles. The third kappa shape index (κ3) is 2.62. The maximum atomic E-state index is 5.61. The number of ether oxygens (including phenoxy) is 1. The van der Waals surface area contributed by atoms with Gasteiger partial charge in [0.15, 0.2) is 0 Å². The van der Waals surface area contributed by atoms with E-state index in [4.69, 9.17) is 4.74 Å². The quantitative estimate of drug-likeness (QED) is 0.535. The number of rotatable bonds is 3. The minimum atomic E-state index is 0.637. The summed E-state index contributed by atoms with van der Waals surface area (Å²) in [6.07, 6.45) is 0. The van der Waals surface area contributed by atoms with Crippen molar-refractivity contribution in [2.45, 2.75) is 6.92 Å². The van der Waals surface area contributed by atoms with Gasteiger partial charge in [-0.15, -0.1) is 11.3 Å². The van der Waals surface area contributed by atoms with Gasteiger partial charge in [-0.3, -0.25) is 0 Å². The van der Waals surface area contributed by atoms with E-state index in [2.05, 4.69) is 42.9 Å². The molecule has 3 rings (SSSR count). The number of nitrogens with zero attached hydrogens (tertiary/aromatic N) is 1. The van der Waals surface area contributed by atoms with E-state index in [-0.39, 0.29) is 0 Å². The smallest absolute Gasteiger partial charge is 0.147 e. The molecule has 0 saturated heterocycles. The summed E-state index contributed by atoms with van der Waals surface area (Å²) < 4.78 is 8.67. The lowest BCUT2D eigenvalue weighted by molar-refractivity contribution is 0.336. The Kier molecular flexibility index (Phi) is 4.10. The predicted molar refractivity (Wildman–Crippen MR) is 91.6 cm³/mol. The first-order valence-corrected chi connectivity index (χ1v) is 8.57. The van der Waals surface area contributed by atoms with Gasteiger partial charge in [0.2, 0.25) is 0 Å². The Labute approximate surface area is 138 Å². The minimum Gasteiger partial charge on any atom is -0.492 e. The highest BCUT2D eigenvalue weighted by atomic mass is 79.9. The van der Waals surface area contributed by atoms with Crippen LogP contribution in [-0.4, -0.2) is 11.6 Å². The summed E-state index contributed by atoms with van der Waals surface area (Å²) >= 11 is 8.82. The summed E-state index contributed by atoms with van der Waals surface area (Å²) in [5.74, 6) is 0.831. The molecular weight excluding hydrogens is 402 g/mol. The zero-order chi connectivity index (χ0) is 14.1. The van der Waals surface area contributed by atoms with Crippen molar-refractivity contribution < 1.29 is 4.74 Å². The number of thiazole rings is 1. The second kappa shape index (κ2) is 5.84. The number of hydrogen-bond acceptors (Lipinski definition) is 3. The second-order valence-corrected chi connectivity index (χ2v) is 6.93. The molecule has 1 aromatic heterocycles. The van der Waals surface area contributed by atoms with Crippen molar-refractivity contribution in [2.24, 2.45) is 0 Å². The number of benzene rings is 2. The van der Waals surface area contributed by atoms with Crippen molar-refractivity contribution in [3.05, 3.63) is 45.3 Å². The molecule has 0 bridgehead atoms. The fourth-order valence-electron chi connectivity index (χ4n) is 1.96. The number of para-hydroxylation sites is 1. The van der Waals surface area contributed by atoms with E-state index in [1.165, 1.54) is 4.70 Å². The molecule has 0 N–H and O–H groups in total.